The van der Waals surface area contributed by atoms with Gasteiger partial charge in [-0.15, -0.1) is 13.2 Å². The van der Waals surface area contributed by atoms with E-state index in [9.17, 15) is 18.0 Å². The molecule has 4 rings (SSSR count). The van der Waals surface area contributed by atoms with Crippen LogP contribution in [0.25, 0.3) is 0 Å². The number of nitrogens with zero attached hydrogens (tertiary/aromatic N) is 2. The van der Waals surface area contributed by atoms with Gasteiger partial charge in [-0.05, 0) is 17.7 Å². The van der Waals surface area contributed by atoms with Crippen molar-refractivity contribution in [3.63, 3.8) is 0 Å². The maximum atomic E-state index is 13.2. The molecule has 3 heterocycles. The second-order valence-electron chi connectivity index (χ2n) is 8.03. The lowest BCUT2D eigenvalue weighted by Crippen LogP contribution is -2.53. The fourth-order valence-corrected chi connectivity index (χ4v) is 4.25. The van der Waals surface area contributed by atoms with Crippen molar-refractivity contribution in [3.05, 3.63) is 53.7 Å². The van der Waals surface area contributed by atoms with E-state index in [1.807, 2.05) is 30.3 Å². The van der Waals surface area contributed by atoms with Crippen LogP contribution >= 0.6 is 0 Å². The van der Waals surface area contributed by atoms with Crippen molar-refractivity contribution in [1.82, 2.24) is 9.88 Å². The summed E-state index contributed by atoms with van der Waals surface area (Å²) in [5.41, 5.74) is -1.83. The summed E-state index contributed by atoms with van der Waals surface area (Å²) >= 11 is 0. The van der Waals surface area contributed by atoms with Gasteiger partial charge in [0.25, 0.3) is 11.8 Å². The van der Waals surface area contributed by atoms with E-state index in [4.69, 9.17) is 34.6 Å². The topological polar surface area (TPSA) is 79.4 Å². The van der Waals surface area contributed by atoms with Crippen LogP contribution in [-0.4, -0.2) is 82.9 Å². The van der Waals surface area contributed by atoms with E-state index in [2.05, 4.69) is 9.72 Å². The molecular weight excluding hydrogens is 467 g/mol. The molecule has 0 aliphatic carbocycles. The number of benzene rings is 1. The van der Waals surface area contributed by atoms with Gasteiger partial charge in [-0.25, -0.2) is 4.98 Å². The number of aromatic nitrogens is 1. The summed E-state index contributed by atoms with van der Waals surface area (Å²) < 4.78 is 62.1. The predicted octanol–water partition coefficient (Wildman–Crippen LogP) is 2.11. The van der Waals surface area contributed by atoms with Crippen molar-refractivity contribution in [2.75, 3.05) is 33.4 Å². The predicted molar refractivity (Wildman–Crippen MR) is 117 cm³/mol. The average molecular weight is 488 g/mol. The number of methoxy groups -OCH3 is 1. The summed E-state index contributed by atoms with van der Waals surface area (Å²) in [5, 5.41) is 0. The van der Waals surface area contributed by atoms with Crippen LogP contribution in [0.4, 0.5) is 13.2 Å². The Bertz CT molecular complexity index is 1060. The molecule has 2 unspecified atom stereocenters. The first-order chi connectivity index (χ1) is 16.5. The molecule has 0 N–H and O–H groups in total. The number of likely N-dealkylation sites (tertiary alicyclic amines) is 1. The van der Waals surface area contributed by atoms with Gasteiger partial charge < -0.3 is 23.8 Å². The summed E-state index contributed by atoms with van der Waals surface area (Å²) in [6.07, 6.45) is -5.01. The molecule has 1 amide bonds. The zero-order valence-electron chi connectivity index (χ0n) is 18.8. The Kier molecular flexibility index (Phi) is 7.03. The lowest BCUT2D eigenvalue weighted by atomic mass is 9.76. The first kappa shape index (κ1) is 25.3. The third kappa shape index (κ3) is 5.57. The van der Waals surface area contributed by atoms with Crippen molar-refractivity contribution in [1.29, 1.82) is 0 Å². The van der Waals surface area contributed by atoms with Crippen LogP contribution in [0.15, 0.2) is 42.5 Å². The summed E-state index contributed by atoms with van der Waals surface area (Å²) in [7, 11) is 13.2. The Morgan fingerprint density at radius 1 is 1.20 bits per heavy atom. The second-order valence-corrected chi connectivity index (χ2v) is 8.03. The molecular formula is C22H21B2F3N2O6. The number of fused-ring (bicyclic) bond motifs is 1. The number of hydrogen-bond donors (Lipinski definition) is 0. The van der Waals surface area contributed by atoms with Gasteiger partial charge in [0, 0.05) is 13.0 Å². The molecule has 4 radical (unpaired) electrons. The highest BCUT2D eigenvalue weighted by atomic mass is 19.4. The van der Waals surface area contributed by atoms with Crippen LogP contribution in [-0.2, 0) is 19.8 Å². The summed E-state index contributed by atoms with van der Waals surface area (Å²) in [4.78, 5) is 18.9. The molecule has 1 aromatic carbocycles. The van der Waals surface area contributed by atoms with Gasteiger partial charge in [0.2, 0.25) is 0 Å². The minimum atomic E-state index is -4.75. The van der Waals surface area contributed by atoms with Crippen molar-refractivity contribution in [2.24, 2.45) is 0 Å². The highest BCUT2D eigenvalue weighted by molar-refractivity contribution is 6.38. The molecule has 2 atom stereocenters. The Morgan fingerprint density at radius 3 is 2.63 bits per heavy atom. The van der Waals surface area contributed by atoms with Crippen molar-refractivity contribution in [3.8, 4) is 11.6 Å². The van der Waals surface area contributed by atoms with E-state index in [1.54, 1.807) is 0 Å². The number of hydrogen-bond acceptors (Lipinski definition) is 7. The minimum Gasteiger partial charge on any atom is -0.486 e. The molecule has 2 aromatic rings. The molecule has 182 valence electrons. The molecule has 13 heteroatoms. The van der Waals surface area contributed by atoms with Crippen LogP contribution in [0.2, 0.25) is 0 Å². The normalized spacial score (nSPS) is 23.5. The smallest absolute Gasteiger partial charge is 0.486 e. The zero-order chi connectivity index (χ0) is 25.3. The highest BCUT2D eigenvalue weighted by Gasteiger charge is 2.56. The van der Waals surface area contributed by atoms with Crippen molar-refractivity contribution < 1.29 is 41.7 Å². The molecule has 8 nitrogen and oxygen atoms in total. The van der Waals surface area contributed by atoms with Crippen LogP contribution < -0.4 is 9.47 Å². The molecule has 2 aliphatic heterocycles. The van der Waals surface area contributed by atoms with Crippen LogP contribution in [0, 0.1) is 0 Å². The number of alkyl halides is 3. The van der Waals surface area contributed by atoms with Crippen molar-refractivity contribution >= 4 is 21.6 Å². The SMILES string of the molecule is [B]C1([B])OC2CN(C(=O)c3ccc(OCCOC(F)(F)F)c(OC)n3)CCC2(c2ccccc2)O1. The standard InChI is InChI=1S/C22H21B2F3N2O6/c1-31-18-16(32-11-12-33-22(25,26)27)8-7-15(28-18)19(30)29-10-9-20(14-5-3-2-4-6-14)17(13-29)34-21(23,24)35-20/h2-8,17H,9-13H2,1H3. The quantitative estimate of drug-likeness (QED) is 0.437. The Balaban J connectivity index is 1.46. The van der Waals surface area contributed by atoms with Crippen LogP contribution in [0.1, 0.15) is 22.5 Å². The number of pyridine rings is 1. The first-order valence-electron chi connectivity index (χ1n) is 10.7. The number of amides is 1. The number of halogens is 3. The number of ether oxygens (including phenoxy) is 5. The summed E-state index contributed by atoms with van der Waals surface area (Å²) in [6, 6.07) is 12.2. The van der Waals surface area contributed by atoms with Crippen LogP contribution in [0.3, 0.4) is 0 Å². The lowest BCUT2D eigenvalue weighted by molar-refractivity contribution is -0.325. The highest BCUT2D eigenvalue weighted by Crippen LogP contribution is 2.47. The van der Waals surface area contributed by atoms with E-state index < -0.39 is 42.8 Å². The van der Waals surface area contributed by atoms with Gasteiger partial charge in [0.1, 0.15) is 39.7 Å². The van der Waals surface area contributed by atoms with Gasteiger partial charge in [0.15, 0.2) is 5.75 Å². The molecule has 1 aromatic heterocycles. The number of piperidine rings is 1. The third-order valence-corrected chi connectivity index (χ3v) is 5.72. The van der Waals surface area contributed by atoms with Gasteiger partial charge in [-0.3, -0.25) is 9.53 Å². The fraction of sp³-hybridized carbons (Fsp3) is 0.455. The summed E-state index contributed by atoms with van der Waals surface area (Å²) in [5.74, 6) is -0.394. The molecule has 35 heavy (non-hydrogen) atoms. The molecule has 2 aliphatic rings. The molecule has 2 fully saturated rings. The van der Waals surface area contributed by atoms with Crippen LogP contribution in [0.5, 0.6) is 11.6 Å². The van der Waals surface area contributed by atoms with E-state index in [0.717, 1.165) is 5.56 Å². The average Bonchev–Trinajstić information content (AvgIpc) is 3.11. The van der Waals surface area contributed by atoms with E-state index in [0.29, 0.717) is 13.0 Å². The summed E-state index contributed by atoms with van der Waals surface area (Å²) in [6.45, 7) is -0.656. The maximum Gasteiger partial charge on any atom is 0.522 e. The maximum absolute atomic E-state index is 13.2. The van der Waals surface area contributed by atoms with E-state index >= 15 is 0 Å². The molecule has 0 saturated carbocycles. The molecule has 0 spiro atoms. The number of rotatable bonds is 7. The lowest BCUT2D eigenvalue weighted by Gasteiger charge is -2.42. The zero-order valence-corrected chi connectivity index (χ0v) is 18.8. The third-order valence-electron chi connectivity index (χ3n) is 5.72. The monoisotopic (exact) mass is 488 g/mol. The second kappa shape index (κ2) is 9.71. The first-order valence-corrected chi connectivity index (χ1v) is 10.7. The van der Waals surface area contributed by atoms with Gasteiger partial charge >= 0.3 is 6.36 Å². The van der Waals surface area contributed by atoms with E-state index in [-0.39, 0.29) is 23.9 Å². The minimum absolute atomic E-state index is 0.0538. The molecule has 0 bridgehead atoms. The largest absolute Gasteiger partial charge is 0.522 e. The Labute approximate surface area is 202 Å². The number of carbonyl (C=O) groups is 1. The van der Waals surface area contributed by atoms with Gasteiger partial charge in [0.05, 0.1) is 25.8 Å². The van der Waals surface area contributed by atoms with Gasteiger partial charge in [-0.2, -0.15) is 0 Å². The Morgan fingerprint density at radius 2 is 1.94 bits per heavy atom. The Hall–Kier alpha value is -2.76. The fourth-order valence-electron chi connectivity index (χ4n) is 4.25. The number of carbonyl (C=O) groups excluding carboxylic acids is 1. The van der Waals surface area contributed by atoms with E-state index in [1.165, 1.54) is 24.1 Å². The van der Waals surface area contributed by atoms with Crippen molar-refractivity contribution in [2.45, 2.75) is 30.1 Å². The molecule has 2 saturated heterocycles. The van der Waals surface area contributed by atoms with Gasteiger partial charge in [-0.1, -0.05) is 30.3 Å².